The highest BCUT2D eigenvalue weighted by atomic mass is 16.6. The molecule has 0 bridgehead atoms. The standard InChI is InChI=1S/C24H19N5O10/c1-37-22(30)13-9-15(28(33)34)19(16(10-13)29(35)36)27-20(24(32)39-3)18(23(31)38-2)17(14(11-25)21(27)26)12-7-5-4-6-8-12/h4-10,17H,26H2,1-3H3. The van der Waals surface area contributed by atoms with E-state index in [4.69, 9.17) is 15.2 Å². The van der Waals surface area contributed by atoms with Gasteiger partial charge >= 0.3 is 29.3 Å². The third-order valence-electron chi connectivity index (χ3n) is 5.72. The number of nitro groups is 2. The lowest BCUT2D eigenvalue weighted by atomic mass is 9.80. The summed E-state index contributed by atoms with van der Waals surface area (Å²) in [5, 5.41) is 34.3. The predicted octanol–water partition coefficient (Wildman–Crippen LogP) is 2.19. The molecule has 0 fully saturated rings. The van der Waals surface area contributed by atoms with Crippen molar-refractivity contribution in [2.24, 2.45) is 5.73 Å². The Balaban J connectivity index is 2.60. The molecule has 0 amide bonds. The van der Waals surface area contributed by atoms with Gasteiger partial charge in [0.25, 0.3) is 0 Å². The van der Waals surface area contributed by atoms with Gasteiger partial charge < -0.3 is 19.9 Å². The van der Waals surface area contributed by atoms with E-state index in [1.807, 2.05) is 6.07 Å². The molecule has 1 heterocycles. The molecule has 0 spiro atoms. The second kappa shape index (κ2) is 11.1. The summed E-state index contributed by atoms with van der Waals surface area (Å²) in [5.41, 5.74) is 1.33. The highest BCUT2D eigenvalue weighted by Crippen LogP contribution is 2.48. The number of nitro benzene ring substituents is 2. The number of hydrogen-bond donors (Lipinski definition) is 1. The van der Waals surface area contributed by atoms with Gasteiger partial charge in [0.05, 0.1) is 59.9 Å². The van der Waals surface area contributed by atoms with Crippen molar-refractivity contribution in [3.63, 3.8) is 0 Å². The fourth-order valence-electron chi connectivity index (χ4n) is 4.09. The van der Waals surface area contributed by atoms with Gasteiger partial charge in [-0.3, -0.25) is 25.1 Å². The van der Waals surface area contributed by atoms with Crippen molar-refractivity contribution < 1.29 is 38.4 Å². The van der Waals surface area contributed by atoms with E-state index in [-0.39, 0.29) is 5.57 Å². The fraction of sp³-hybridized carbons (Fsp3) is 0.167. The van der Waals surface area contributed by atoms with E-state index in [1.165, 1.54) is 12.1 Å². The first kappa shape index (κ1) is 27.8. The Kier molecular flexibility index (Phi) is 7.90. The van der Waals surface area contributed by atoms with Gasteiger partial charge in [-0.2, -0.15) is 5.26 Å². The number of nitrogens with zero attached hydrogens (tertiary/aromatic N) is 4. The average Bonchev–Trinajstić information content (AvgIpc) is 2.94. The van der Waals surface area contributed by atoms with Gasteiger partial charge in [0.15, 0.2) is 0 Å². The number of carbonyl (C=O) groups is 3. The van der Waals surface area contributed by atoms with Crippen LogP contribution < -0.4 is 10.6 Å². The summed E-state index contributed by atoms with van der Waals surface area (Å²) in [6.45, 7) is 0. The molecule has 0 aromatic heterocycles. The van der Waals surface area contributed by atoms with Crippen molar-refractivity contribution in [3.05, 3.63) is 96.5 Å². The summed E-state index contributed by atoms with van der Waals surface area (Å²) in [6, 6.07) is 11.0. The van der Waals surface area contributed by atoms with Crippen molar-refractivity contribution in [1.29, 1.82) is 5.26 Å². The molecule has 1 aliphatic heterocycles. The third-order valence-corrected chi connectivity index (χ3v) is 5.72. The van der Waals surface area contributed by atoms with Gasteiger partial charge in [0.2, 0.25) is 5.69 Å². The van der Waals surface area contributed by atoms with Crippen LogP contribution in [0.2, 0.25) is 0 Å². The molecular weight excluding hydrogens is 518 g/mol. The van der Waals surface area contributed by atoms with Crippen LogP contribution in [0.15, 0.2) is 65.1 Å². The van der Waals surface area contributed by atoms with E-state index in [9.17, 15) is 39.9 Å². The summed E-state index contributed by atoms with van der Waals surface area (Å²) in [4.78, 5) is 61.1. The molecule has 15 nitrogen and oxygen atoms in total. The number of nitrogens with two attached hydrogens (primary N) is 1. The Morgan fingerprint density at radius 3 is 1.87 bits per heavy atom. The number of methoxy groups -OCH3 is 3. The zero-order valence-corrected chi connectivity index (χ0v) is 20.6. The molecule has 0 saturated carbocycles. The van der Waals surface area contributed by atoms with Crippen LogP contribution in [0.3, 0.4) is 0 Å². The molecule has 0 saturated heterocycles. The van der Waals surface area contributed by atoms with Gasteiger partial charge in [-0.15, -0.1) is 0 Å². The maximum atomic E-state index is 13.2. The largest absolute Gasteiger partial charge is 0.466 e. The zero-order chi connectivity index (χ0) is 29.0. The molecule has 1 aliphatic rings. The number of ether oxygens (including phenoxy) is 3. The van der Waals surface area contributed by atoms with Crippen LogP contribution in [-0.2, 0) is 23.8 Å². The lowest BCUT2D eigenvalue weighted by molar-refractivity contribution is -0.392. The van der Waals surface area contributed by atoms with Crippen LogP contribution in [0.1, 0.15) is 21.8 Å². The van der Waals surface area contributed by atoms with Crippen LogP contribution in [-0.4, -0.2) is 49.1 Å². The van der Waals surface area contributed by atoms with Crippen LogP contribution in [0.5, 0.6) is 0 Å². The minimum Gasteiger partial charge on any atom is -0.466 e. The molecule has 0 radical (unpaired) electrons. The Morgan fingerprint density at radius 2 is 1.44 bits per heavy atom. The summed E-state index contributed by atoms with van der Waals surface area (Å²) < 4.78 is 14.2. The Bertz CT molecular complexity index is 1470. The highest BCUT2D eigenvalue weighted by Gasteiger charge is 2.47. The van der Waals surface area contributed by atoms with Crippen molar-refractivity contribution in [2.45, 2.75) is 5.92 Å². The van der Waals surface area contributed by atoms with Crippen LogP contribution >= 0.6 is 0 Å². The van der Waals surface area contributed by atoms with Crippen molar-refractivity contribution in [1.82, 2.24) is 0 Å². The zero-order valence-electron chi connectivity index (χ0n) is 20.6. The molecule has 2 N–H and O–H groups in total. The molecule has 0 aliphatic carbocycles. The number of allylic oxidation sites excluding steroid dienone is 1. The monoisotopic (exact) mass is 537 g/mol. The number of esters is 3. The average molecular weight is 537 g/mol. The summed E-state index contributed by atoms with van der Waals surface area (Å²) in [6.07, 6.45) is 0. The van der Waals surface area contributed by atoms with E-state index >= 15 is 0 Å². The maximum Gasteiger partial charge on any atom is 0.355 e. The van der Waals surface area contributed by atoms with Crippen molar-refractivity contribution >= 4 is 35.0 Å². The van der Waals surface area contributed by atoms with Crippen LogP contribution in [0, 0.1) is 31.6 Å². The Labute approximate surface area is 219 Å². The second-order valence-electron chi connectivity index (χ2n) is 7.70. The Hall–Kier alpha value is -5.78. The van der Waals surface area contributed by atoms with Crippen LogP contribution in [0.4, 0.5) is 17.1 Å². The lowest BCUT2D eigenvalue weighted by Gasteiger charge is -2.35. The van der Waals surface area contributed by atoms with Gasteiger partial charge in [0.1, 0.15) is 11.5 Å². The van der Waals surface area contributed by atoms with Crippen LogP contribution in [0.25, 0.3) is 0 Å². The van der Waals surface area contributed by atoms with Crippen molar-refractivity contribution in [2.75, 3.05) is 26.2 Å². The number of nitriles is 1. The molecule has 3 rings (SSSR count). The molecule has 15 heteroatoms. The van der Waals surface area contributed by atoms with E-state index in [0.29, 0.717) is 22.6 Å². The van der Waals surface area contributed by atoms with E-state index in [1.54, 1.807) is 18.2 Å². The first-order valence-electron chi connectivity index (χ1n) is 10.7. The smallest absolute Gasteiger partial charge is 0.355 e. The number of hydrogen-bond acceptors (Lipinski definition) is 13. The fourth-order valence-corrected chi connectivity index (χ4v) is 4.09. The highest BCUT2D eigenvalue weighted by molar-refractivity contribution is 6.08. The lowest BCUT2D eigenvalue weighted by Crippen LogP contribution is -2.41. The number of carbonyl (C=O) groups excluding carboxylic acids is 3. The molecule has 1 atom stereocenters. The predicted molar refractivity (Wildman–Crippen MR) is 131 cm³/mol. The number of anilines is 1. The van der Waals surface area contributed by atoms with Gasteiger partial charge in [0, 0.05) is 12.1 Å². The first-order valence-corrected chi connectivity index (χ1v) is 10.7. The van der Waals surface area contributed by atoms with Gasteiger partial charge in [-0.1, -0.05) is 30.3 Å². The number of benzene rings is 2. The SMILES string of the molecule is COC(=O)C1=C(C(=O)OC)N(c2c([N+](=O)[O-])cc(C(=O)OC)cc2[N+](=O)[O-])C(N)=C(C#N)C1c1ccccc1. The maximum absolute atomic E-state index is 13.2. The topological polar surface area (TPSA) is 218 Å². The molecule has 39 heavy (non-hydrogen) atoms. The van der Waals surface area contributed by atoms with Crippen molar-refractivity contribution in [3.8, 4) is 6.07 Å². The summed E-state index contributed by atoms with van der Waals surface area (Å²) >= 11 is 0. The van der Waals surface area contributed by atoms with Gasteiger partial charge in [-0.25, -0.2) is 14.4 Å². The first-order chi connectivity index (χ1) is 18.5. The van der Waals surface area contributed by atoms with Gasteiger partial charge in [-0.05, 0) is 5.56 Å². The molecule has 200 valence electrons. The normalized spacial score (nSPS) is 14.8. The summed E-state index contributed by atoms with van der Waals surface area (Å²) in [5.74, 6) is -5.52. The molecule has 1 unspecified atom stereocenters. The molecular formula is C24H19N5O10. The number of rotatable bonds is 7. The second-order valence-corrected chi connectivity index (χ2v) is 7.70. The minimum atomic E-state index is -1.32. The Morgan fingerprint density at radius 1 is 0.923 bits per heavy atom. The third kappa shape index (κ3) is 4.81. The minimum absolute atomic E-state index is 0.309. The molecule has 2 aromatic rings. The molecule has 2 aromatic carbocycles. The van der Waals surface area contributed by atoms with E-state index in [0.717, 1.165) is 21.3 Å². The van der Waals surface area contributed by atoms with E-state index < -0.39 is 73.4 Å². The summed E-state index contributed by atoms with van der Waals surface area (Å²) in [7, 11) is 2.88. The van der Waals surface area contributed by atoms with E-state index in [2.05, 4.69) is 4.74 Å². The quantitative estimate of drug-likeness (QED) is 0.232.